The van der Waals surface area contributed by atoms with Crippen LogP contribution in [0.25, 0.3) is 0 Å². The second-order valence-corrected chi connectivity index (χ2v) is 8.42. The van der Waals surface area contributed by atoms with E-state index in [1.54, 1.807) is 0 Å². The summed E-state index contributed by atoms with van der Waals surface area (Å²) in [5.41, 5.74) is 4.71. The second-order valence-electron chi connectivity index (χ2n) is 8.42. The number of imidazole rings is 1. The highest BCUT2D eigenvalue weighted by molar-refractivity contribution is 5.32. The molecular weight excluding hydrogens is 372 g/mol. The Morgan fingerprint density at radius 1 is 1.00 bits per heavy atom. The van der Waals surface area contributed by atoms with Gasteiger partial charge in [0.05, 0.1) is 12.1 Å². The molecule has 0 amide bonds. The molecule has 1 N–H and O–H groups in total. The molecule has 0 spiro atoms. The fourth-order valence-corrected chi connectivity index (χ4v) is 4.55. The zero-order valence-corrected chi connectivity index (χ0v) is 18.2. The van der Waals surface area contributed by atoms with Gasteiger partial charge in [-0.05, 0) is 30.5 Å². The quantitative estimate of drug-likeness (QED) is 0.683. The molecule has 5 nitrogen and oxygen atoms in total. The van der Waals surface area contributed by atoms with E-state index in [0.29, 0.717) is 6.54 Å². The molecule has 1 saturated heterocycles. The summed E-state index contributed by atoms with van der Waals surface area (Å²) in [6, 6.07) is 17.1. The minimum atomic E-state index is -0.448. The largest absolute Gasteiger partial charge is 0.387 e. The summed E-state index contributed by atoms with van der Waals surface area (Å²) in [4.78, 5) is 9.55. The van der Waals surface area contributed by atoms with E-state index >= 15 is 0 Å². The fourth-order valence-electron chi connectivity index (χ4n) is 4.55. The smallest absolute Gasteiger partial charge is 0.130 e. The molecule has 0 saturated carbocycles. The fraction of sp³-hybridized carbons (Fsp3) is 0.400. The van der Waals surface area contributed by atoms with Crippen LogP contribution in [-0.2, 0) is 7.05 Å². The summed E-state index contributed by atoms with van der Waals surface area (Å²) in [5, 5.41) is 10.8. The van der Waals surface area contributed by atoms with Crippen LogP contribution in [0.3, 0.4) is 0 Å². The molecule has 5 heteroatoms. The van der Waals surface area contributed by atoms with Crippen LogP contribution in [0.4, 0.5) is 0 Å². The molecule has 158 valence electrons. The zero-order valence-electron chi connectivity index (χ0n) is 18.2. The van der Waals surface area contributed by atoms with Gasteiger partial charge in [-0.15, -0.1) is 0 Å². The minimum Gasteiger partial charge on any atom is -0.387 e. The third-order valence-electron chi connectivity index (χ3n) is 6.21. The maximum atomic E-state index is 10.8. The number of rotatable bonds is 6. The SMILES string of the molecule is Cc1ccc([C@@H](O)CN2CCN([C@@H](c3ccccc3)c3nccn3C)CC2)c(C)c1. The Morgan fingerprint density at radius 2 is 1.73 bits per heavy atom. The van der Waals surface area contributed by atoms with Gasteiger partial charge in [0, 0.05) is 52.2 Å². The van der Waals surface area contributed by atoms with Crippen molar-refractivity contribution in [3.05, 3.63) is 89.0 Å². The van der Waals surface area contributed by atoms with E-state index in [1.165, 1.54) is 16.7 Å². The first-order valence-electron chi connectivity index (χ1n) is 10.8. The molecule has 1 aromatic heterocycles. The molecule has 2 heterocycles. The minimum absolute atomic E-state index is 0.151. The lowest BCUT2D eigenvalue weighted by Gasteiger charge is -2.39. The summed E-state index contributed by atoms with van der Waals surface area (Å²) in [7, 11) is 2.06. The van der Waals surface area contributed by atoms with Crippen LogP contribution in [0.1, 0.15) is 40.2 Å². The van der Waals surface area contributed by atoms with Gasteiger partial charge in [-0.3, -0.25) is 9.80 Å². The van der Waals surface area contributed by atoms with Crippen molar-refractivity contribution >= 4 is 0 Å². The lowest BCUT2D eigenvalue weighted by Crippen LogP contribution is -2.49. The van der Waals surface area contributed by atoms with Crippen molar-refractivity contribution in [2.45, 2.75) is 26.0 Å². The topological polar surface area (TPSA) is 44.5 Å². The van der Waals surface area contributed by atoms with Crippen LogP contribution >= 0.6 is 0 Å². The van der Waals surface area contributed by atoms with Crippen LogP contribution in [0, 0.1) is 13.8 Å². The number of nitrogens with zero attached hydrogens (tertiary/aromatic N) is 4. The highest BCUT2D eigenvalue weighted by atomic mass is 16.3. The van der Waals surface area contributed by atoms with E-state index in [0.717, 1.165) is 37.6 Å². The summed E-state index contributed by atoms with van der Waals surface area (Å²) in [6.07, 6.45) is 3.44. The molecule has 0 radical (unpaired) electrons. The van der Waals surface area contributed by atoms with Crippen molar-refractivity contribution in [1.29, 1.82) is 0 Å². The first-order valence-corrected chi connectivity index (χ1v) is 10.8. The molecule has 3 aromatic rings. The highest BCUT2D eigenvalue weighted by Gasteiger charge is 2.29. The number of aliphatic hydroxyl groups excluding tert-OH is 1. The monoisotopic (exact) mass is 404 g/mol. The van der Waals surface area contributed by atoms with Crippen LogP contribution in [0.5, 0.6) is 0 Å². The molecule has 1 fully saturated rings. The Labute approximate surface area is 179 Å². The molecule has 0 aliphatic carbocycles. The van der Waals surface area contributed by atoms with Gasteiger partial charge in [0.1, 0.15) is 5.82 Å². The Bertz CT molecular complexity index is 960. The van der Waals surface area contributed by atoms with Crippen LogP contribution in [0.15, 0.2) is 60.9 Å². The molecular formula is C25H32N4O. The van der Waals surface area contributed by atoms with Gasteiger partial charge in [0.2, 0.25) is 0 Å². The predicted molar refractivity (Wildman–Crippen MR) is 120 cm³/mol. The number of benzene rings is 2. The lowest BCUT2D eigenvalue weighted by atomic mass is 10.00. The number of aliphatic hydroxyl groups is 1. The van der Waals surface area contributed by atoms with Gasteiger partial charge in [-0.2, -0.15) is 0 Å². The summed E-state index contributed by atoms with van der Waals surface area (Å²) in [5.74, 6) is 1.07. The first-order chi connectivity index (χ1) is 14.5. The normalized spacial score (nSPS) is 17.7. The average molecular weight is 405 g/mol. The van der Waals surface area contributed by atoms with E-state index in [1.807, 2.05) is 12.4 Å². The van der Waals surface area contributed by atoms with Crippen LogP contribution in [-0.4, -0.2) is 57.2 Å². The van der Waals surface area contributed by atoms with Crippen molar-refractivity contribution in [1.82, 2.24) is 19.4 Å². The molecule has 0 unspecified atom stereocenters. The lowest BCUT2D eigenvalue weighted by molar-refractivity contribution is 0.0603. The first kappa shape index (κ1) is 20.8. The number of β-amino-alcohol motifs (C(OH)–C–C–N with tert-alkyl or cyclic N) is 1. The van der Waals surface area contributed by atoms with Crippen molar-refractivity contribution in [2.75, 3.05) is 32.7 Å². The van der Waals surface area contributed by atoms with Gasteiger partial charge in [0.15, 0.2) is 0 Å². The number of hydrogen-bond donors (Lipinski definition) is 1. The molecule has 0 bridgehead atoms. The van der Waals surface area contributed by atoms with E-state index in [2.05, 4.69) is 88.8 Å². The van der Waals surface area contributed by atoms with Crippen LogP contribution in [0.2, 0.25) is 0 Å². The third-order valence-corrected chi connectivity index (χ3v) is 6.21. The summed E-state index contributed by atoms with van der Waals surface area (Å²) >= 11 is 0. The van der Waals surface area contributed by atoms with Gasteiger partial charge < -0.3 is 9.67 Å². The molecule has 2 aromatic carbocycles. The second kappa shape index (κ2) is 9.13. The highest BCUT2D eigenvalue weighted by Crippen LogP contribution is 2.29. The van der Waals surface area contributed by atoms with Crippen LogP contribution < -0.4 is 0 Å². The van der Waals surface area contributed by atoms with Crippen molar-refractivity contribution in [2.24, 2.45) is 7.05 Å². The van der Waals surface area contributed by atoms with Crippen molar-refractivity contribution in [3.63, 3.8) is 0 Å². The standard InChI is InChI=1S/C25H32N4O/c1-19-9-10-22(20(2)17-19)23(30)18-28-13-15-29(16-14-28)24(21-7-5-4-6-8-21)25-26-11-12-27(25)3/h4-12,17,23-24,30H,13-16,18H2,1-3H3/t23-,24-/m0/s1. The predicted octanol–water partition coefficient (Wildman–Crippen LogP) is 3.48. The van der Waals surface area contributed by atoms with Crippen molar-refractivity contribution in [3.8, 4) is 0 Å². The van der Waals surface area contributed by atoms with E-state index in [-0.39, 0.29) is 6.04 Å². The average Bonchev–Trinajstić information content (AvgIpc) is 3.16. The number of hydrogen-bond acceptors (Lipinski definition) is 4. The van der Waals surface area contributed by atoms with E-state index in [9.17, 15) is 5.11 Å². The molecule has 1 aliphatic heterocycles. The van der Waals surface area contributed by atoms with Gasteiger partial charge >= 0.3 is 0 Å². The molecule has 4 rings (SSSR count). The Hall–Kier alpha value is -2.47. The van der Waals surface area contributed by atoms with E-state index in [4.69, 9.17) is 0 Å². The summed E-state index contributed by atoms with van der Waals surface area (Å²) in [6.45, 7) is 8.63. The molecule has 2 atom stereocenters. The maximum Gasteiger partial charge on any atom is 0.130 e. The number of aryl methyl sites for hydroxylation is 3. The Kier molecular flexibility index (Phi) is 6.32. The number of piperazine rings is 1. The Balaban J connectivity index is 1.44. The molecule has 30 heavy (non-hydrogen) atoms. The van der Waals surface area contributed by atoms with E-state index < -0.39 is 6.10 Å². The number of aromatic nitrogens is 2. The van der Waals surface area contributed by atoms with Gasteiger partial charge in [0.25, 0.3) is 0 Å². The van der Waals surface area contributed by atoms with Gasteiger partial charge in [-0.25, -0.2) is 4.98 Å². The summed E-state index contributed by atoms with van der Waals surface area (Å²) < 4.78 is 2.12. The van der Waals surface area contributed by atoms with Crippen molar-refractivity contribution < 1.29 is 5.11 Å². The maximum absolute atomic E-state index is 10.8. The zero-order chi connectivity index (χ0) is 21.1. The third kappa shape index (κ3) is 4.48. The Morgan fingerprint density at radius 3 is 2.37 bits per heavy atom. The van der Waals surface area contributed by atoms with Gasteiger partial charge in [-0.1, -0.05) is 54.1 Å². The molecule has 1 aliphatic rings.